The van der Waals surface area contributed by atoms with Crippen molar-refractivity contribution in [1.82, 2.24) is 24.3 Å². The van der Waals surface area contributed by atoms with Crippen LogP contribution >= 0.6 is 0 Å². The first-order valence-electron chi connectivity index (χ1n) is 10.5. The molecule has 32 heavy (non-hydrogen) atoms. The van der Waals surface area contributed by atoms with Gasteiger partial charge in [0.1, 0.15) is 5.82 Å². The molecule has 0 unspecified atom stereocenters. The Kier molecular flexibility index (Phi) is 6.78. The summed E-state index contributed by atoms with van der Waals surface area (Å²) in [6.45, 7) is 8.13. The molecular formula is C21H29N7O4. The van der Waals surface area contributed by atoms with E-state index in [0.717, 1.165) is 0 Å². The number of methoxy groups -OCH3 is 1. The molecule has 0 bridgehead atoms. The highest BCUT2D eigenvalue weighted by molar-refractivity contribution is 6.09. The van der Waals surface area contributed by atoms with E-state index in [4.69, 9.17) is 10.5 Å². The van der Waals surface area contributed by atoms with Crippen LogP contribution < -0.4 is 21.9 Å². The number of H-pyrrole nitrogens is 1. The summed E-state index contributed by atoms with van der Waals surface area (Å²) in [5, 5.41) is 5.06. The second kappa shape index (κ2) is 9.35. The monoisotopic (exact) mass is 443 g/mol. The van der Waals surface area contributed by atoms with Gasteiger partial charge in [-0.3, -0.25) is 24.0 Å². The lowest BCUT2D eigenvalue weighted by molar-refractivity contribution is 0.0974. The number of carbonyl (C=O) groups excluding carboxylic acids is 1. The maximum absolute atomic E-state index is 13.6. The Hall–Kier alpha value is -3.47. The zero-order valence-corrected chi connectivity index (χ0v) is 19.0. The van der Waals surface area contributed by atoms with E-state index in [-0.39, 0.29) is 30.7 Å². The molecule has 0 aliphatic heterocycles. The smallest absolute Gasteiger partial charge is 0.330 e. The molecule has 0 aromatic carbocycles. The SMILES string of the molecule is CCCn1c(N)c(N(CCOC)C(=O)c2cc3cnn(C(C)C)c3nc2C)c(=O)[nH]c1=O. The Balaban J connectivity index is 2.16. The summed E-state index contributed by atoms with van der Waals surface area (Å²) in [5.74, 6) is -0.533. The third-order valence-electron chi connectivity index (χ3n) is 5.17. The highest BCUT2D eigenvalue weighted by Crippen LogP contribution is 2.24. The summed E-state index contributed by atoms with van der Waals surface area (Å²) < 4.78 is 8.18. The van der Waals surface area contributed by atoms with Crippen molar-refractivity contribution in [3.05, 3.63) is 44.4 Å². The number of ether oxygens (including phenoxy) is 1. The fourth-order valence-electron chi connectivity index (χ4n) is 3.59. The maximum atomic E-state index is 13.6. The third kappa shape index (κ3) is 4.15. The van der Waals surface area contributed by atoms with Crippen LogP contribution in [0, 0.1) is 6.92 Å². The third-order valence-corrected chi connectivity index (χ3v) is 5.17. The molecular weight excluding hydrogens is 414 g/mol. The molecule has 3 N–H and O–H groups in total. The number of rotatable bonds is 8. The van der Waals surface area contributed by atoms with Gasteiger partial charge in [0, 0.05) is 31.6 Å². The molecule has 11 heteroatoms. The largest absolute Gasteiger partial charge is 0.383 e. The molecule has 3 aromatic rings. The number of anilines is 2. The van der Waals surface area contributed by atoms with E-state index in [9.17, 15) is 14.4 Å². The van der Waals surface area contributed by atoms with Gasteiger partial charge in [0.05, 0.1) is 24.1 Å². The first-order chi connectivity index (χ1) is 15.2. The molecule has 3 heterocycles. The van der Waals surface area contributed by atoms with Gasteiger partial charge in [-0.25, -0.2) is 14.5 Å². The minimum Gasteiger partial charge on any atom is -0.383 e. The number of fused-ring (bicyclic) bond motifs is 1. The molecule has 11 nitrogen and oxygen atoms in total. The molecule has 0 radical (unpaired) electrons. The number of amides is 1. The summed E-state index contributed by atoms with van der Waals surface area (Å²) in [6, 6.07) is 1.81. The van der Waals surface area contributed by atoms with Crippen molar-refractivity contribution in [2.24, 2.45) is 0 Å². The molecule has 0 atom stereocenters. The van der Waals surface area contributed by atoms with Crippen molar-refractivity contribution in [1.29, 1.82) is 0 Å². The maximum Gasteiger partial charge on any atom is 0.330 e. The zero-order chi connectivity index (χ0) is 23.6. The minimum atomic E-state index is -0.733. The molecule has 172 valence electrons. The lowest BCUT2D eigenvalue weighted by atomic mass is 10.1. The summed E-state index contributed by atoms with van der Waals surface area (Å²) in [6.07, 6.45) is 2.28. The highest BCUT2D eigenvalue weighted by Gasteiger charge is 2.27. The first-order valence-corrected chi connectivity index (χ1v) is 10.5. The number of aromatic nitrogens is 5. The van der Waals surface area contributed by atoms with Crippen molar-refractivity contribution in [2.75, 3.05) is 30.9 Å². The molecule has 0 aliphatic carbocycles. The van der Waals surface area contributed by atoms with Crippen LogP contribution in [0.25, 0.3) is 11.0 Å². The van der Waals surface area contributed by atoms with Crippen LogP contribution in [0.4, 0.5) is 11.5 Å². The summed E-state index contributed by atoms with van der Waals surface area (Å²) in [5.41, 5.74) is 6.24. The van der Waals surface area contributed by atoms with Gasteiger partial charge >= 0.3 is 5.69 Å². The van der Waals surface area contributed by atoms with Gasteiger partial charge in [-0.15, -0.1) is 0 Å². The Morgan fingerprint density at radius 1 is 1.34 bits per heavy atom. The van der Waals surface area contributed by atoms with E-state index >= 15 is 0 Å². The van der Waals surface area contributed by atoms with Gasteiger partial charge in [0.2, 0.25) is 0 Å². The van der Waals surface area contributed by atoms with Gasteiger partial charge in [-0.2, -0.15) is 5.10 Å². The first kappa shape index (κ1) is 23.2. The number of nitrogens with one attached hydrogen (secondary N) is 1. The molecule has 0 fully saturated rings. The van der Waals surface area contributed by atoms with Crippen molar-refractivity contribution in [3.63, 3.8) is 0 Å². The predicted octanol–water partition coefficient (Wildman–Crippen LogP) is 1.46. The van der Waals surface area contributed by atoms with Crippen molar-refractivity contribution < 1.29 is 9.53 Å². The predicted molar refractivity (Wildman–Crippen MR) is 122 cm³/mol. The zero-order valence-electron chi connectivity index (χ0n) is 19.0. The minimum absolute atomic E-state index is 0.0652. The van der Waals surface area contributed by atoms with Crippen LogP contribution in [0.2, 0.25) is 0 Å². The number of aryl methyl sites for hydroxylation is 1. The number of nitrogen functional groups attached to an aromatic ring is 1. The molecule has 0 saturated carbocycles. The molecule has 0 spiro atoms. The van der Waals surface area contributed by atoms with Gasteiger partial charge in [0.15, 0.2) is 11.3 Å². The van der Waals surface area contributed by atoms with E-state index in [0.29, 0.717) is 35.3 Å². The van der Waals surface area contributed by atoms with Crippen LogP contribution in [-0.2, 0) is 11.3 Å². The highest BCUT2D eigenvalue weighted by atomic mass is 16.5. The number of hydrogen-bond acceptors (Lipinski definition) is 7. The van der Waals surface area contributed by atoms with E-state index in [2.05, 4.69) is 15.1 Å². The Bertz CT molecular complexity index is 1260. The van der Waals surface area contributed by atoms with Crippen LogP contribution in [0.3, 0.4) is 0 Å². The number of nitrogens with zero attached hydrogens (tertiary/aromatic N) is 5. The second-order valence-electron chi connectivity index (χ2n) is 7.81. The van der Waals surface area contributed by atoms with E-state index < -0.39 is 17.2 Å². The van der Waals surface area contributed by atoms with Crippen molar-refractivity contribution in [2.45, 2.75) is 46.7 Å². The molecule has 0 saturated heterocycles. The van der Waals surface area contributed by atoms with Crippen LogP contribution in [0.5, 0.6) is 0 Å². The van der Waals surface area contributed by atoms with Crippen LogP contribution in [0.15, 0.2) is 21.9 Å². The Morgan fingerprint density at radius 2 is 2.06 bits per heavy atom. The van der Waals surface area contributed by atoms with Gasteiger partial charge in [-0.1, -0.05) is 6.92 Å². The lowest BCUT2D eigenvalue weighted by Crippen LogP contribution is -2.42. The Morgan fingerprint density at radius 3 is 2.69 bits per heavy atom. The Labute approximate surface area is 184 Å². The number of pyridine rings is 1. The van der Waals surface area contributed by atoms with E-state index in [1.54, 1.807) is 23.9 Å². The van der Waals surface area contributed by atoms with Gasteiger partial charge in [0.25, 0.3) is 11.5 Å². The number of nitrogens with two attached hydrogens (primary N) is 1. The van der Waals surface area contributed by atoms with E-state index in [1.807, 2.05) is 20.8 Å². The lowest BCUT2D eigenvalue weighted by Gasteiger charge is -2.25. The average Bonchev–Trinajstić information content (AvgIpc) is 3.15. The summed E-state index contributed by atoms with van der Waals surface area (Å²) >= 11 is 0. The molecule has 3 rings (SSSR count). The van der Waals surface area contributed by atoms with Crippen LogP contribution in [-0.4, -0.2) is 50.5 Å². The summed E-state index contributed by atoms with van der Waals surface area (Å²) in [4.78, 5) is 46.7. The summed E-state index contributed by atoms with van der Waals surface area (Å²) in [7, 11) is 1.49. The normalized spacial score (nSPS) is 11.4. The van der Waals surface area contributed by atoms with Gasteiger partial charge in [-0.05, 0) is 33.3 Å². The fourth-order valence-corrected chi connectivity index (χ4v) is 3.59. The molecule has 1 amide bonds. The molecule has 0 aliphatic rings. The van der Waals surface area contributed by atoms with Crippen LogP contribution in [0.1, 0.15) is 49.3 Å². The van der Waals surface area contributed by atoms with Crippen molar-refractivity contribution in [3.8, 4) is 0 Å². The number of carbonyl (C=O) groups is 1. The number of hydrogen-bond donors (Lipinski definition) is 2. The second-order valence-corrected chi connectivity index (χ2v) is 7.81. The fraction of sp³-hybridized carbons (Fsp3) is 0.476. The van der Waals surface area contributed by atoms with Gasteiger partial charge < -0.3 is 10.5 Å². The quantitative estimate of drug-likeness (QED) is 0.537. The van der Waals surface area contributed by atoms with E-state index in [1.165, 1.54) is 16.6 Å². The van der Waals surface area contributed by atoms with Crippen molar-refractivity contribution >= 4 is 28.4 Å². The topological polar surface area (TPSA) is 141 Å². The molecule has 3 aromatic heterocycles. The number of aromatic amines is 1. The standard InChI is InChI=1S/C21H29N7O4/c1-6-7-27-17(22)16(19(29)25-21(27)31)26(8-9-32-5)20(30)15-10-14-11-23-28(12(2)3)18(14)24-13(15)4/h10-12H,6-9,22H2,1-5H3,(H,25,29,31). The average molecular weight is 444 g/mol.